The Hall–Kier alpha value is -1.99. The number of rotatable bonds is 6. The first-order valence-electron chi connectivity index (χ1n) is 6.18. The van der Waals surface area contributed by atoms with Crippen molar-refractivity contribution in [3.63, 3.8) is 0 Å². The van der Waals surface area contributed by atoms with Crippen LogP contribution in [0.25, 0.3) is 0 Å². The highest BCUT2D eigenvalue weighted by molar-refractivity contribution is 6.31. The predicted octanol–water partition coefficient (Wildman–Crippen LogP) is 1.79. The summed E-state index contributed by atoms with van der Waals surface area (Å²) in [4.78, 5) is 12.4. The van der Waals surface area contributed by atoms with Gasteiger partial charge in [-0.2, -0.15) is 0 Å². The van der Waals surface area contributed by atoms with Crippen LogP contribution in [-0.2, 0) is 24.4 Å². The fourth-order valence-electron chi connectivity index (χ4n) is 1.91. The molecule has 0 aliphatic rings. The molecule has 2 aromatic rings. The lowest BCUT2D eigenvalue weighted by Gasteiger charge is -2.16. The first kappa shape index (κ1) is 15.4. The largest absolute Gasteiger partial charge is 0.480 e. The van der Waals surface area contributed by atoms with Crippen LogP contribution in [0.3, 0.4) is 0 Å². The van der Waals surface area contributed by atoms with Crippen LogP contribution in [0.2, 0.25) is 5.02 Å². The first-order chi connectivity index (χ1) is 9.95. The van der Waals surface area contributed by atoms with Crippen LogP contribution in [0.15, 0.2) is 24.4 Å². The molecule has 0 aliphatic heterocycles. The Morgan fingerprint density at radius 3 is 2.90 bits per heavy atom. The molecule has 8 heteroatoms. The van der Waals surface area contributed by atoms with Gasteiger partial charge in [-0.1, -0.05) is 22.9 Å². The Morgan fingerprint density at radius 1 is 1.48 bits per heavy atom. The molecule has 0 bridgehead atoms. The van der Waals surface area contributed by atoms with Crippen LogP contribution >= 0.6 is 11.6 Å². The van der Waals surface area contributed by atoms with E-state index in [1.807, 2.05) is 4.90 Å². The van der Waals surface area contributed by atoms with E-state index in [0.29, 0.717) is 29.4 Å². The average Bonchev–Trinajstić information content (AvgIpc) is 2.80. The quantitative estimate of drug-likeness (QED) is 0.880. The SMILES string of the molecule is CN(Cc1cn(CC(=O)O)nn1)Cc1c(F)cccc1Cl. The molecular formula is C13H14ClFN4O2. The summed E-state index contributed by atoms with van der Waals surface area (Å²) in [5, 5.41) is 16.6. The van der Waals surface area contributed by atoms with E-state index in [-0.39, 0.29) is 12.4 Å². The van der Waals surface area contributed by atoms with E-state index < -0.39 is 5.97 Å². The van der Waals surface area contributed by atoms with E-state index in [2.05, 4.69) is 10.3 Å². The topological polar surface area (TPSA) is 71.2 Å². The zero-order chi connectivity index (χ0) is 15.4. The molecule has 0 unspecified atom stereocenters. The zero-order valence-electron chi connectivity index (χ0n) is 11.3. The second kappa shape index (κ2) is 6.64. The van der Waals surface area contributed by atoms with Crippen molar-refractivity contribution in [2.45, 2.75) is 19.6 Å². The van der Waals surface area contributed by atoms with Gasteiger partial charge in [0.1, 0.15) is 12.4 Å². The van der Waals surface area contributed by atoms with Crippen molar-refractivity contribution in [2.24, 2.45) is 0 Å². The van der Waals surface area contributed by atoms with Gasteiger partial charge in [0, 0.05) is 23.7 Å². The highest BCUT2D eigenvalue weighted by atomic mass is 35.5. The standard InChI is InChI=1S/C13H14ClFN4O2/c1-18(7-10-11(14)3-2-4-12(10)15)5-9-6-19(17-16-9)8-13(20)21/h2-4,6H,5,7-8H2,1H3,(H,20,21). The molecular weight excluding hydrogens is 299 g/mol. The van der Waals surface area contributed by atoms with Crippen LogP contribution in [-0.4, -0.2) is 38.0 Å². The number of carboxylic acids is 1. The number of carbonyl (C=O) groups is 1. The minimum absolute atomic E-state index is 0.240. The molecule has 0 fully saturated rings. The van der Waals surface area contributed by atoms with E-state index in [0.717, 1.165) is 0 Å². The van der Waals surface area contributed by atoms with Crippen molar-refractivity contribution < 1.29 is 14.3 Å². The van der Waals surface area contributed by atoms with Crippen LogP contribution in [0.4, 0.5) is 4.39 Å². The minimum Gasteiger partial charge on any atom is -0.480 e. The average molecular weight is 313 g/mol. The molecule has 0 radical (unpaired) electrons. The number of benzene rings is 1. The lowest BCUT2D eigenvalue weighted by Crippen LogP contribution is -2.18. The van der Waals surface area contributed by atoms with E-state index in [9.17, 15) is 9.18 Å². The van der Waals surface area contributed by atoms with Gasteiger partial charge in [-0.3, -0.25) is 9.69 Å². The minimum atomic E-state index is -0.988. The molecule has 1 heterocycles. The van der Waals surface area contributed by atoms with Gasteiger partial charge in [-0.15, -0.1) is 5.10 Å². The summed E-state index contributed by atoms with van der Waals surface area (Å²) in [6.07, 6.45) is 1.55. The Labute approximate surface area is 125 Å². The van der Waals surface area contributed by atoms with E-state index in [1.165, 1.54) is 10.7 Å². The summed E-state index contributed by atoms with van der Waals surface area (Å²) >= 11 is 5.97. The number of halogens is 2. The highest BCUT2D eigenvalue weighted by Crippen LogP contribution is 2.20. The molecule has 0 amide bonds. The molecule has 112 valence electrons. The Morgan fingerprint density at radius 2 is 2.24 bits per heavy atom. The number of hydrogen-bond acceptors (Lipinski definition) is 4. The molecule has 21 heavy (non-hydrogen) atoms. The van der Waals surface area contributed by atoms with E-state index in [4.69, 9.17) is 16.7 Å². The monoisotopic (exact) mass is 312 g/mol. The van der Waals surface area contributed by atoms with Gasteiger partial charge >= 0.3 is 5.97 Å². The van der Waals surface area contributed by atoms with E-state index in [1.54, 1.807) is 25.4 Å². The van der Waals surface area contributed by atoms with Gasteiger partial charge in [0.25, 0.3) is 0 Å². The third-order valence-electron chi connectivity index (χ3n) is 2.80. The maximum absolute atomic E-state index is 13.7. The Bertz CT molecular complexity index is 627. The molecule has 1 N–H and O–H groups in total. The van der Waals surface area contributed by atoms with Crippen molar-refractivity contribution in [3.05, 3.63) is 46.5 Å². The number of aliphatic carboxylic acids is 1. The van der Waals surface area contributed by atoms with Gasteiger partial charge in [-0.25, -0.2) is 9.07 Å². The lowest BCUT2D eigenvalue weighted by molar-refractivity contribution is -0.137. The summed E-state index contributed by atoms with van der Waals surface area (Å²) in [6.45, 7) is 0.484. The predicted molar refractivity (Wildman–Crippen MR) is 74.2 cm³/mol. The number of aromatic nitrogens is 3. The molecule has 2 rings (SSSR count). The molecule has 6 nitrogen and oxygen atoms in total. The fraction of sp³-hybridized carbons (Fsp3) is 0.308. The summed E-state index contributed by atoms with van der Waals surface area (Å²) in [5.74, 6) is -1.35. The van der Waals surface area contributed by atoms with Crippen molar-refractivity contribution in [3.8, 4) is 0 Å². The maximum Gasteiger partial charge on any atom is 0.325 e. The molecule has 0 atom stereocenters. The number of hydrogen-bond donors (Lipinski definition) is 1. The summed E-state index contributed by atoms with van der Waals surface area (Å²) in [6, 6.07) is 4.55. The third-order valence-corrected chi connectivity index (χ3v) is 3.16. The molecule has 0 saturated heterocycles. The fourth-order valence-corrected chi connectivity index (χ4v) is 2.14. The molecule has 0 saturated carbocycles. The molecule has 0 aliphatic carbocycles. The third kappa shape index (κ3) is 4.24. The number of carboxylic acid groups (broad SMARTS) is 1. The van der Waals surface area contributed by atoms with Crippen molar-refractivity contribution >= 4 is 17.6 Å². The lowest BCUT2D eigenvalue weighted by atomic mass is 10.2. The van der Waals surface area contributed by atoms with Gasteiger partial charge in [-0.05, 0) is 19.2 Å². The summed E-state index contributed by atoms with van der Waals surface area (Å²) in [5.41, 5.74) is 1.02. The van der Waals surface area contributed by atoms with Gasteiger partial charge < -0.3 is 5.11 Å². The molecule has 0 spiro atoms. The zero-order valence-corrected chi connectivity index (χ0v) is 12.1. The van der Waals surface area contributed by atoms with Crippen LogP contribution < -0.4 is 0 Å². The van der Waals surface area contributed by atoms with Crippen LogP contribution in [0, 0.1) is 5.82 Å². The van der Waals surface area contributed by atoms with Gasteiger partial charge in [0.2, 0.25) is 0 Å². The number of nitrogens with zero attached hydrogens (tertiary/aromatic N) is 4. The smallest absolute Gasteiger partial charge is 0.325 e. The summed E-state index contributed by atoms with van der Waals surface area (Å²) < 4.78 is 14.9. The van der Waals surface area contributed by atoms with Crippen molar-refractivity contribution in [2.75, 3.05) is 7.05 Å². The molecule has 1 aromatic heterocycles. The van der Waals surface area contributed by atoms with E-state index >= 15 is 0 Å². The molecule has 1 aromatic carbocycles. The maximum atomic E-state index is 13.7. The summed E-state index contributed by atoms with van der Waals surface area (Å²) in [7, 11) is 1.79. The highest BCUT2D eigenvalue weighted by Gasteiger charge is 2.12. The Balaban J connectivity index is 2.00. The van der Waals surface area contributed by atoms with Crippen LogP contribution in [0.1, 0.15) is 11.3 Å². The second-order valence-corrected chi connectivity index (χ2v) is 5.08. The van der Waals surface area contributed by atoms with Crippen molar-refractivity contribution in [1.29, 1.82) is 0 Å². The normalized spacial score (nSPS) is 11.0. The second-order valence-electron chi connectivity index (χ2n) is 4.67. The first-order valence-corrected chi connectivity index (χ1v) is 6.55. The van der Waals surface area contributed by atoms with Gasteiger partial charge in [0.15, 0.2) is 0 Å². The Kier molecular flexibility index (Phi) is 4.87. The van der Waals surface area contributed by atoms with Crippen molar-refractivity contribution in [1.82, 2.24) is 19.9 Å². The van der Waals surface area contributed by atoms with Crippen LogP contribution in [0.5, 0.6) is 0 Å². The van der Waals surface area contributed by atoms with Gasteiger partial charge in [0.05, 0.1) is 11.9 Å².